The first-order valence-corrected chi connectivity index (χ1v) is 4.89. The molecule has 66 valence electrons. The molecule has 0 saturated heterocycles. The number of halogens is 1. The molecule has 0 aliphatic rings. The molecule has 4 heteroatoms. The first-order chi connectivity index (χ1) is 6.25. The Kier molecular flexibility index (Phi) is 2.20. The summed E-state index contributed by atoms with van der Waals surface area (Å²) in [5, 5.41) is 0.726. The zero-order chi connectivity index (χ0) is 9.26. The number of nitrogen functional groups attached to an aromatic ring is 1. The van der Waals surface area contributed by atoms with E-state index in [0.29, 0.717) is 5.82 Å². The smallest absolute Gasteiger partial charge is 0.137 e. The molecule has 2 nitrogen and oxygen atoms in total. The Bertz CT molecular complexity index is 425. The third-order valence-corrected chi connectivity index (χ3v) is 2.72. The molecule has 2 N–H and O–H groups in total. The van der Waals surface area contributed by atoms with Crippen LogP contribution in [0.4, 0.5) is 5.82 Å². The van der Waals surface area contributed by atoms with E-state index in [1.807, 2.05) is 30.3 Å². The average molecular weight is 211 g/mol. The van der Waals surface area contributed by atoms with Gasteiger partial charge in [0.2, 0.25) is 0 Å². The van der Waals surface area contributed by atoms with Gasteiger partial charge in [-0.1, -0.05) is 23.7 Å². The second-order valence-corrected chi connectivity index (χ2v) is 3.87. The summed E-state index contributed by atoms with van der Waals surface area (Å²) in [5.74, 6) is 0.556. The summed E-state index contributed by atoms with van der Waals surface area (Å²) in [6.07, 6.45) is 0. The largest absolute Gasteiger partial charge is 0.383 e. The highest BCUT2D eigenvalue weighted by atomic mass is 35.5. The van der Waals surface area contributed by atoms with Gasteiger partial charge in [-0.2, -0.15) is 4.37 Å². The fourth-order valence-corrected chi connectivity index (χ4v) is 1.92. The van der Waals surface area contributed by atoms with Crippen molar-refractivity contribution in [3.8, 4) is 10.4 Å². The lowest BCUT2D eigenvalue weighted by Crippen LogP contribution is -1.79. The van der Waals surface area contributed by atoms with Crippen molar-refractivity contribution in [2.75, 3.05) is 5.73 Å². The molecule has 13 heavy (non-hydrogen) atoms. The van der Waals surface area contributed by atoms with Gasteiger partial charge in [0, 0.05) is 11.1 Å². The molecule has 1 heterocycles. The first kappa shape index (κ1) is 8.53. The van der Waals surface area contributed by atoms with Crippen molar-refractivity contribution >= 4 is 29.0 Å². The summed E-state index contributed by atoms with van der Waals surface area (Å²) < 4.78 is 4.00. The molecule has 0 aliphatic heterocycles. The van der Waals surface area contributed by atoms with E-state index in [-0.39, 0.29) is 0 Å². The maximum atomic E-state index is 5.85. The van der Waals surface area contributed by atoms with Crippen molar-refractivity contribution in [2.45, 2.75) is 0 Å². The van der Waals surface area contributed by atoms with Crippen molar-refractivity contribution in [1.82, 2.24) is 4.37 Å². The van der Waals surface area contributed by atoms with Gasteiger partial charge >= 0.3 is 0 Å². The molecule has 0 fully saturated rings. The Balaban J connectivity index is 2.46. The van der Waals surface area contributed by atoms with Crippen molar-refractivity contribution < 1.29 is 0 Å². The van der Waals surface area contributed by atoms with Crippen molar-refractivity contribution in [2.24, 2.45) is 0 Å². The SMILES string of the molecule is Nc1cc(-c2cccc(Cl)c2)sn1. The maximum absolute atomic E-state index is 5.85. The molecule has 1 aromatic heterocycles. The molecule has 0 unspecified atom stereocenters. The van der Waals surface area contributed by atoms with E-state index in [0.717, 1.165) is 15.5 Å². The molecule has 0 bridgehead atoms. The lowest BCUT2D eigenvalue weighted by molar-refractivity contribution is 1.56. The highest BCUT2D eigenvalue weighted by Gasteiger charge is 2.01. The lowest BCUT2D eigenvalue weighted by atomic mass is 10.2. The van der Waals surface area contributed by atoms with Crippen LogP contribution in [0.25, 0.3) is 10.4 Å². The lowest BCUT2D eigenvalue weighted by Gasteiger charge is -1.95. The van der Waals surface area contributed by atoms with E-state index < -0.39 is 0 Å². The van der Waals surface area contributed by atoms with Gasteiger partial charge in [0.05, 0.1) is 4.88 Å². The summed E-state index contributed by atoms with van der Waals surface area (Å²) in [4.78, 5) is 1.04. The number of benzene rings is 1. The number of nitrogens with zero attached hydrogens (tertiary/aromatic N) is 1. The quantitative estimate of drug-likeness (QED) is 0.786. The minimum Gasteiger partial charge on any atom is -0.383 e. The topological polar surface area (TPSA) is 38.9 Å². The van der Waals surface area contributed by atoms with E-state index in [9.17, 15) is 0 Å². The summed E-state index contributed by atoms with van der Waals surface area (Å²) in [5.41, 5.74) is 6.58. The van der Waals surface area contributed by atoms with Gasteiger partial charge in [0.1, 0.15) is 5.82 Å². The Hall–Kier alpha value is -1.06. The molecule has 1 aromatic carbocycles. The minimum atomic E-state index is 0.556. The molecule has 0 saturated carbocycles. The molecule has 2 aromatic rings. The number of nitrogens with two attached hydrogens (primary N) is 1. The van der Waals surface area contributed by atoms with Crippen LogP contribution in [0, 0.1) is 0 Å². The Labute approximate surface area is 85.1 Å². The predicted octanol–water partition coefficient (Wildman–Crippen LogP) is 3.05. The highest BCUT2D eigenvalue weighted by molar-refractivity contribution is 7.09. The molecule has 0 amide bonds. The van der Waals surface area contributed by atoms with Crippen molar-refractivity contribution in [3.05, 3.63) is 35.4 Å². The second kappa shape index (κ2) is 3.36. The van der Waals surface area contributed by atoms with Crippen LogP contribution in [-0.2, 0) is 0 Å². The number of rotatable bonds is 1. The summed E-state index contributed by atoms with van der Waals surface area (Å²) in [6, 6.07) is 9.48. The maximum Gasteiger partial charge on any atom is 0.137 e. The molecular formula is C9H7ClN2S. The third-order valence-electron chi connectivity index (χ3n) is 1.64. The Morgan fingerprint density at radius 3 is 2.77 bits per heavy atom. The normalized spacial score (nSPS) is 10.2. The first-order valence-electron chi connectivity index (χ1n) is 3.74. The number of anilines is 1. The van der Waals surface area contributed by atoms with E-state index >= 15 is 0 Å². The summed E-state index contributed by atoms with van der Waals surface area (Å²) in [6.45, 7) is 0. The fraction of sp³-hybridized carbons (Fsp3) is 0. The van der Waals surface area contributed by atoms with Crippen LogP contribution in [0.1, 0.15) is 0 Å². The van der Waals surface area contributed by atoms with Crippen LogP contribution in [-0.4, -0.2) is 4.37 Å². The minimum absolute atomic E-state index is 0.556. The number of hydrogen-bond acceptors (Lipinski definition) is 3. The van der Waals surface area contributed by atoms with E-state index in [2.05, 4.69) is 4.37 Å². The predicted molar refractivity (Wildman–Crippen MR) is 57.0 cm³/mol. The Morgan fingerprint density at radius 1 is 1.31 bits per heavy atom. The van der Waals surface area contributed by atoms with Crippen LogP contribution < -0.4 is 5.73 Å². The number of aromatic nitrogens is 1. The van der Waals surface area contributed by atoms with Crippen LogP contribution in [0.2, 0.25) is 5.02 Å². The molecular weight excluding hydrogens is 204 g/mol. The van der Waals surface area contributed by atoms with Gasteiger partial charge in [0.25, 0.3) is 0 Å². The second-order valence-electron chi connectivity index (χ2n) is 2.63. The van der Waals surface area contributed by atoms with Gasteiger partial charge in [-0.25, -0.2) is 0 Å². The average Bonchev–Trinajstić information content (AvgIpc) is 2.52. The number of hydrogen-bond donors (Lipinski definition) is 1. The van der Waals surface area contributed by atoms with Crippen LogP contribution >= 0.6 is 23.1 Å². The summed E-state index contributed by atoms with van der Waals surface area (Å²) >= 11 is 7.23. The Morgan fingerprint density at radius 2 is 2.15 bits per heavy atom. The molecule has 0 radical (unpaired) electrons. The van der Waals surface area contributed by atoms with Gasteiger partial charge in [-0.3, -0.25) is 0 Å². The van der Waals surface area contributed by atoms with E-state index in [4.69, 9.17) is 17.3 Å². The van der Waals surface area contributed by atoms with Crippen LogP contribution in [0.5, 0.6) is 0 Å². The highest BCUT2D eigenvalue weighted by Crippen LogP contribution is 2.27. The molecule has 0 atom stereocenters. The van der Waals surface area contributed by atoms with Gasteiger partial charge in [-0.05, 0) is 29.2 Å². The van der Waals surface area contributed by atoms with Crippen molar-refractivity contribution in [3.63, 3.8) is 0 Å². The standard InChI is InChI=1S/C9H7ClN2S/c10-7-3-1-2-6(4-7)8-5-9(11)12-13-8/h1-5H,(H2,11,12). The van der Waals surface area contributed by atoms with Gasteiger partial charge < -0.3 is 5.73 Å². The van der Waals surface area contributed by atoms with Crippen LogP contribution in [0.15, 0.2) is 30.3 Å². The summed E-state index contributed by atoms with van der Waals surface area (Å²) in [7, 11) is 0. The molecule has 0 spiro atoms. The van der Waals surface area contributed by atoms with Gasteiger partial charge in [0.15, 0.2) is 0 Å². The fourth-order valence-electron chi connectivity index (χ4n) is 1.07. The zero-order valence-corrected chi connectivity index (χ0v) is 8.27. The van der Waals surface area contributed by atoms with E-state index in [1.165, 1.54) is 11.5 Å². The monoisotopic (exact) mass is 210 g/mol. The zero-order valence-electron chi connectivity index (χ0n) is 6.70. The molecule has 2 rings (SSSR count). The van der Waals surface area contributed by atoms with Crippen LogP contribution in [0.3, 0.4) is 0 Å². The van der Waals surface area contributed by atoms with Gasteiger partial charge in [-0.15, -0.1) is 0 Å². The van der Waals surface area contributed by atoms with E-state index in [1.54, 1.807) is 0 Å². The molecule has 0 aliphatic carbocycles. The third kappa shape index (κ3) is 1.82. The van der Waals surface area contributed by atoms with Crippen molar-refractivity contribution in [1.29, 1.82) is 0 Å².